The van der Waals surface area contributed by atoms with Gasteiger partial charge in [-0.3, -0.25) is 0 Å². The van der Waals surface area contributed by atoms with Crippen LogP contribution in [0.2, 0.25) is 0 Å². The van der Waals surface area contributed by atoms with Crippen molar-refractivity contribution < 1.29 is 4.52 Å². The Bertz CT molecular complexity index is 377. The molecule has 1 saturated carbocycles. The van der Waals surface area contributed by atoms with E-state index in [9.17, 15) is 0 Å². The summed E-state index contributed by atoms with van der Waals surface area (Å²) in [6.45, 7) is 5.38. The van der Waals surface area contributed by atoms with Gasteiger partial charge in [0, 0.05) is 17.7 Å². The highest BCUT2D eigenvalue weighted by atomic mass is 32.2. The average molecular weight is 297 g/mol. The normalized spacial score (nSPS) is 18.3. The van der Waals surface area contributed by atoms with E-state index in [1.165, 1.54) is 32.1 Å². The lowest BCUT2D eigenvalue weighted by Crippen LogP contribution is -2.28. The summed E-state index contributed by atoms with van der Waals surface area (Å²) in [6, 6.07) is 0.397. The molecular formula is C15H27N3OS. The number of nitrogens with one attached hydrogen (secondary N) is 1. The van der Waals surface area contributed by atoms with Crippen LogP contribution in [0, 0.1) is 0 Å². The van der Waals surface area contributed by atoms with Gasteiger partial charge in [0.15, 0.2) is 5.82 Å². The Balaban J connectivity index is 1.71. The fraction of sp³-hybridized carbons (Fsp3) is 0.867. The Kier molecular flexibility index (Phi) is 6.87. The molecule has 1 aliphatic carbocycles. The van der Waals surface area contributed by atoms with Gasteiger partial charge in [0.1, 0.15) is 0 Å². The van der Waals surface area contributed by atoms with Crippen molar-refractivity contribution in [3.63, 3.8) is 0 Å². The van der Waals surface area contributed by atoms with Crippen molar-refractivity contribution in [1.82, 2.24) is 15.5 Å². The predicted molar refractivity (Wildman–Crippen MR) is 83.9 cm³/mol. The highest BCUT2D eigenvalue weighted by molar-refractivity contribution is 7.99. The predicted octanol–water partition coefficient (Wildman–Crippen LogP) is 3.57. The smallest absolute Gasteiger partial charge is 0.228 e. The first-order valence-electron chi connectivity index (χ1n) is 7.94. The largest absolute Gasteiger partial charge is 0.339 e. The number of rotatable bonds is 8. The Morgan fingerprint density at radius 1 is 1.35 bits per heavy atom. The van der Waals surface area contributed by atoms with E-state index in [1.54, 1.807) is 0 Å². The first kappa shape index (κ1) is 15.8. The van der Waals surface area contributed by atoms with E-state index in [0.717, 1.165) is 42.1 Å². The summed E-state index contributed by atoms with van der Waals surface area (Å²) in [5, 5.41) is 8.34. The number of hydrogen-bond donors (Lipinski definition) is 1. The molecule has 0 radical (unpaired) electrons. The molecule has 1 unspecified atom stereocenters. The molecule has 5 heteroatoms. The molecule has 0 amide bonds. The van der Waals surface area contributed by atoms with Crippen molar-refractivity contribution >= 4 is 11.8 Å². The topological polar surface area (TPSA) is 51.0 Å². The molecule has 0 spiro atoms. The number of hydrogen-bond acceptors (Lipinski definition) is 5. The van der Waals surface area contributed by atoms with Gasteiger partial charge < -0.3 is 9.84 Å². The van der Waals surface area contributed by atoms with Gasteiger partial charge in [-0.25, -0.2) is 0 Å². The van der Waals surface area contributed by atoms with Crippen LogP contribution in [0.4, 0.5) is 0 Å². The van der Waals surface area contributed by atoms with Crippen LogP contribution in [-0.4, -0.2) is 28.0 Å². The fourth-order valence-corrected chi connectivity index (χ4v) is 3.75. The summed E-state index contributed by atoms with van der Waals surface area (Å²) in [4.78, 5) is 4.50. The van der Waals surface area contributed by atoms with E-state index in [1.807, 2.05) is 11.8 Å². The highest BCUT2D eigenvalue weighted by Gasteiger charge is 2.16. The van der Waals surface area contributed by atoms with Crippen LogP contribution in [0.3, 0.4) is 0 Å². The third-order valence-corrected chi connectivity index (χ3v) is 5.10. The quantitative estimate of drug-likeness (QED) is 0.795. The minimum absolute atomic E-state index is 0.397. The summed E-state index contributed by atoms with van der Waals surface area (Å²) in [6.07, 6.45) is 8.86. The van der Waals surface area contributed by atoms with Crippen LogP contribution in [0.25, 0.3) is 0 Å². The molecule has 1 N–H and O–H groups in total. The van der Waals surface area contributed by atoms with Crippen LogP contribution in [0.5, 0.6) is 0 Å². The van der Waals surface area contributed by atoms with E-state index in [0.29, 0.717) is 6.04 Å². The van der Waals surface area contributed by atoms with Gasteiger partial charge in [-0.05, 0) is 32.7 Å². The summed E-state index contributed by atoms with van der Waals surface area (Å²) in [5.74, 6) is 2.52. The summed E-state index contributed by atoms with van der Waals surface area (Å²) in [7, 11) is 0. The zero-order valence-corrected chi connectivity index (χ0v) is 13.5. The van der Waals surface area contributed by atoms with Crippen molar-refractivity contribution in [3.05, 3.63) is 11.7 Å². The summed E-state index contributed by atoms with van der Waals surface area (Å²) < 4.78 is 5.34. The second-order valence-corrected chi connectivity index (χ2v) is 7.02. The standard InChI is InChI=1S/C15H27N3OS/c1-3-9-16-12(2)10-15-17-14(18-19-15)11-20-13-7-5-4-6-8-13/h12-13,16H,3-11H2,1-2H3. The molecule has 0 bridgehead atoms. The van der Waals surface area contributed by atoms with E-state index in [2.05, 4.69) is 29.3 Å². The first-order valence-corrected chi connectivity index (χ1v) is 8.99. The molecule has 4 nitrogen and oxygen atoms in total. The maximum atomic E-state index is 5.34. The zero-order valence-electron chi connectivity index (χ0n) is 12.7. The van der Waals surface area contributed by atoms with Crippen LogP contribution in [0.15, 0.2) is 4.52 Å². The van der Waals surface area contributed by atoms with Crippen molar-refractivity contribution in [3.8, 4) is 0 Å². The van der Waals surface area contributed by atoms with Gasteiger partial charge >= 0.3 is 0 Å². The Hall–Kier alpha value is -0.550. The molecule has 1 fully saturated rings. The molecule has 1 aliphatic rings. The van der Waals surface area contributed by atoms with Crippen LogP contribution >= 0.6 is 11.8 Å². The number of nitrogens with zero attached hydrogens (tertiary/aromatic N) is 2. The van der Waals surface area contributed by atoms with E-state index < -0.39 is 0 Å². The molecule has 0 aromatic carbocycles. The molecule has 1 aromatic rings. The van der Waals surface area contributed by atoms with Crippen molar-refractivity contribution in [1.29, 1.82) is 0 Å². The molecule has 2 rings (SSSR count). The molecule has 20 heavy (non-hydrogen) atoms. The monoisotopic (exact) mass is 297 g/mol. The average Bonchev–Trinajstić information content (AvgIpc) is 2.91. The SMILES string of the molecule is CCCNC(C)Cc1nc(CSC2CCCCC2)no1. The molecule has 0 saturated heterocycles. The number of thioether (sulfide) groups is 1. The Morgan fingerprint density at radius 2 is 2.15 bits per heavy atom. The van der Waals surface area contributed by atoms with Gasteiger partial charge in [0.2, 0.25) is 5.89 Å². The maximum Gasteiger partial charge on any atom is 0.228 e. The summed E-state index contributed by atoms with van der Waals surface area (Å²) >= 11 is 2.00. The van der Waals surface area contributed by atoms with Gasteiger partial charge in [-0.2, -0.15) is 16.7 Å². The lowest BCUT2D eigenvalue weighted by atomic mass is 10.0. The molecule has 1 heterocycles. The van der Waals surface area contributed by atoms with E-state index in [4.69, 9.17) is 4.52 Å². The highest BCUT2D eigenvalue weighted by Crippen LogP contribution is 2.29. The lowest BCUT2D eigenvalue weighted by molar-refractivity contribution is 0.358. The van der Waals surface area contributed by atoms with Crippen LogP contribution in [-0.2, 0) is 12.2 Å². The van der Waals surface area contributed by atoms with Gasteiger partial charge in [0.25, 0.3) is 0 Å². The third-order valence-electron chi connectivity index (χ3n) is 3.73. The first-order chi connectivity index (χ1) is 9.78. The van der Waals surface area contributed by atoms with E-state index in [-0.39, 0.29) is 0 Å². The lowest BCUT2D eigenvalue weighted by Gasteiger charge is -2.19. The second-order valence-electron chi connectivity index (χ2n) is 5.73. The minimum atomic E-state index is 0.397. The number of aromatic nitrogens is 2. The Labute approximate surface area is 126 Å². The molecule has 1 atom stereocenters. The summed E-state index contributed by atoms with van der Waals surface area (Å²) in [5.41, 5.74) is 0. The zero-order chi connectivity index (χ0) is 14.2. The van der Waals surface area contributed by atoms with Crippen LogP contribution < -0.4 is 5.32 Å². The van der Waals surface area contributed by atoms with Crippen molar-refractivity contribution in [2.24, 2.45) is 0 Å². The minimum Gasteiger partial charge on any atom is -0.339 e. The second kappa shape index (κ2) is 8.67. The van der Waals surface area contributed by atoms with Crippen molar-refractivity contribution in [2.75, 3.05) is 6.54 Å². The molecule has 0 aliphatic heterocycles. The van der Waals surface area contributed by atoms with Crippen LogP contribution in [0.1, 0.15) is 64.1 Å². The third kappa shape index (κ3) is 5.44. The van der Waals surface area contributed by atoms with Gasteiger partial charge in [-0.15, -0.1) is 0 Å². The molecule has 1 aromatic heterocycles. The maximum absolute atomic E-state index is 5.34. The van der Waals surface area contributed by atoms with Gasteiger partial charge in [0.05, 0.1) is 5.75 Å². The molecule has 114 valence electrons. The van der Waals surface area contributed by atoms with E-state index >= 15 is 0 Å². The fourth-order valence-electron chi connectivity index (χ4n) is 2.58. The Morgan fingerprint density at radius 3 is 2.90 bits per heavy atom. The van der Waals surface area contributed by atoms with Gasteiger partial charge in [-0.1, -0.05) is 31.3 Å². The van der Waals surface area contributed by atoms with Crippen molar-refractivity contribution in [2.45, 2.75) is 75.8 Å². The molecular weight excluding hydrogens is 270 g/mol.